The standard InChI is InChI=1S/C14H17N5O2/c1-4-5-10(2)14(20)16-11-6-7-13(21-3)12(8-11)19-9-15-17-18-19/h5-9H,4H2,1-3H3,(H,16,20)/b10-5-. The van der Waals surface area contributed by atoms with Crippen LogP contribution in [0.15, 0.2) is 36.2 Å². The Kier molecular flexibility index (Phi) is 4.65. The fourth-order valence-corrected chi connectivity index (χ4v) is 1.85. The predicted octanol–water partition coefficient (Wildman–Crippen LogP) is 1.97. The molecule has 0 radical (unpaired) electrons. The van der Waals surface area contributed by atoms with Crippen molar-refractivity contribution >= 4 is 11.6 Å². The molecule has 2 rings (SSSR count). The second-order valence-electron chi connectivity index (χ2n) is 4.39. The van der Waals surface area contributed by atoms with Gasteiger partial charge < -0.3 is 10.1 Å². The first-order valence-electron chi connectivity index (χ1n) is 6.55. The Labute approximate surface area is 122 Å². The van der Waals surface area contributed by atoms with Crippen molar-refractivity contribution in [3.05, 3.63) is 36.2 Å². The molecule has 0 unspecified atom stereocenters. The maximum absolute atomic E-state index is 12.0. The van der Waals surface area contributed by atoms with Crippen LogP contribution >= 0.6 is 0 Å². The topological polar surface area (TPSA) is 81.9 Å². The van der Waals surface area contributed by atoms with E-state index in [0.717, 1.165) is 6.42 Å². The first kappa shape index (κ1) is 14.7. The number of methoxy groups -OCH3 is 1. The third kappa shape index (κ3) is 3.44. The van der Waals surface area contributed by atoms with Crippen LogP contribution < -0.4 is 10.1 Å². The van der Waals surface area contributed by atoms with Gasteiger partial charge in [0.15, 0.2) is 0 Å². The van der Waals surface area contributed by atoms with Gasteiger partial charge in [0.1, 0.15) is 17.8 Å². The van der Waals surface area contributed by atoms with Crippen LogP contribution in [0.2, 0.25) is 0 Å². The van der Waals surface area contributed by atoms with Crippen LogP contribution in [-0.2, 0) is 4.79 Å². The molecule has 1 amide bonds. The van der Waals surface area contributed by atoms with Crippen molar-refractivity contribution in [1.82, 2.24) is 20.2 Å². The molecule has 0 atom stereocenters. The van der Waals surface area contributed by atoms with Crippen LogP contribution in [0, 0.1) is 0 Å². The summed E-state index contributed by atoms with van der Waals surface area (Å²) in [6.07, 6.45) is 4.16. The number of tetrazole rings is 1. The minimum atomic E-state index is -0.135. The highest BCUT2D eigenvalue weighted by Crippen LogP contribution is 2.25. The van der Waals surface area contributed by atoms with E-state index in [1.165, 1.54) is 11.0 Å². The number of allylic oxidation sites excluding steroid dienone is 1. The number of nitrogens with one attached hydrogen (secondary N) is 1. The Morgan fingerprint density at radius 3 is 2.90 bits per heavy atom. The van der Waals surface area contributed by atoms with E-state index in [-0.39, 0.29) is 5.91 Å². The zero-order chi connectivity index (χ0) is 15.2. The number of hydrogen-bond donors (Lipinski definition) is 1. The summed E-state index contributed by atoms with van der Waals surface area (Å²) < 4.78 is 6.75. The zero-order valence-electron chi connectivity index (χ0n) is 12.2. The lowest BCUT2D eigenvalue weighted by Crippen LogP contribution is -2.13. The van der Waals surface area contributed by atoms with Crippen molar-refractivity contribution in [1.29, 1.82) is 0 Å². The Morgan fingerprint density at radius 2 is 2.29 bits per heavy atom. The quantitative estimate of drug-likeness (QED) is 0.850. The summed E-state index contributed by atoms with van der Waals surface area (Å²) in [6.45, 7) is 3.77. The highest BCUT2D eigenvalue weighted by molar-refractivity contribution is 6.03. The van der Waals surface area contributed by atoms with Crippen molar-refractivity contribution < 1.29 is 9.53 Å². The molecule has 110 valence electrons. The molecule has 1 aromatic heterocycles. The number of carbonyl (C=O) groups excluding carboxylic acids is 1. The lowest BCUT2D eigenvalue weighted by Gasteiger charge is -2.11. The maximum Gasteiger partial charge on any atom is 0.250 e. The monoisotopic (exact) mass is 287 g/mol. The van der Waals surface area contributed by atoms with Crippen molar-refractivity contribution in [3.8, 4) is 11.4 Å². The van der Waals surface area contributed by atoms with E-state index < -0.39 is 0 Å². The van der Waals surface area contributed by atoms with E-state index in [1.807, 2.05) is 13.0 Å². The van der Waals surface area contributed by atoms with Crippen molar-refractivity contribution in [3.63, 3.8) is 0 Å². The lowest BCUT2D eigenvalue weighted by atomic mass is 10.2. The van der Waals surface area contributed by atoms with E-state index >= 15 is 0 Å². The van der Waals surface area contributed by atoms with Crippen molar-refractivity contribution in [2.24, 2.45) is 0 Å². The number of aromatic nitrogens is 4. The summed E-state index contributed by atoms with van der Waals surface area (Å²) in [7, 11) is 1.57. The van der Waals surface area contributed by atoms with Gasteiger partial charge in [-0.25, -0.2) is 0 Å². The molecule has 0 aliphatic rings. The highest BCUT2D eigenvalue weighted by Gasteiger charge is 2.10. The van der Waals surface area contributed by atoms with E-state index in [9.17, 15) is 4.79 Å². The van der Waals surface area contributed by atoms with Crippen LogP contribution in [0.4, 0.5) is 5.69 Å². The Bertz CT molecular complexity index is 649. The van der Waals surface area contributed by atoms with Crippen LogP contribution in [0.1, 0.15) is 20.3 Å². The van der Waals surface area contributed by atoms with E-state index in [4.69, 9.17) is 4.74 Å². The number of rotatable bonds is 5. The molecule has 0 saturated carbocycles. The molecule has 1 aromatic carbocycles. The Morgan fingerprint density at radius 1 is 1.48 bits per heavy atom. The molecular weight excluding hydrogens is 270 g/mol. The van der Waals surface area contributed by atoms with Gasteiger partial charge in [0.25, 0.3) is 5.91 Å². The summed E-state index contributed by atoms with van der Waals surface area (Å²) in [5, 5.41) is 13.9. The number of nitrogens with zero attached hydrogens (tertiary/aromatic N) is 4. The smallest absolute Gasteiger partial charge is 0.250 e. The molecular formula is C14H17N5O2. The fraction of sp³-hybridized carbons (Fsp3) is 0.286. The van der Waals surface area contributed by atoms with Gasteiger partial charge in [-0.2, -0.15) is 4.68 Å². The SMILES string of the molecule is CC/C=C(/C)C(=O)Nc1ccc(OC)c(-n2cnnn2)c1. The summed E-state index contributed by atoms with van der Waals surface area (Å²) in [5.41, 5.74) is 1.98. The second kappa shape index (κ2) is 6.65. The summed E-state index contributed by atoms with van der Waals surface area (Å²) in [4.78, 5) is 12.0. The fourth-order valence-electron chi connectivity index (χ4n) is 1.85. The lowest BCUT2D eigenvalue weighted by molar-refractivity contribution is -0.112. The van der Waals surface area contributed by atoms with Crippen LogP contribution in [0.3, 0.4) is 0 Å². The number of amides is 1. The molecule has 0 bridgehead atoms. The molecule has 7 nitrogen and oxygen atoms in total. The Balaban J connectivity index is 2.29. The van der Waals surface area contributed by atoms with E-state index in [0.29, 0.717) is 22.7 Å². The van der Waals surface area contributed by atoms with Gasteiger partial charge in [-0.15, -0.1) is 5.10 Å². The number of anilines is 1. The highest BCUT2D eigenvalue weighted by atomic mass is 16.5. The summed E-state index contributed by atoms with van der Waals surface area (Å²) in [5.74, 6) is 0.478. The van der Waals surface area contributed by atoms with E-state index in [2.05, 4.69) is 20.8 Å². The number of ether oxygens (including phenoxy) is 1. The van der Waals surface area contributed by atoms with Crippen LogP contribution in [-0.4, -0.2) is 33.2 Å². The van der Waals surface area contributed by atoms with Gasteiger partial charge in [0, 0.05) is 11.3 Å². The minimum absolute atomic E-state index is 0.135. The number of hydrogen-bond acceptors (Lipinski definition) is 5. The maximum atomic E-state index is 12.0. The summed E-state index contributed by atoms with van der Waals surface area (Å²) >= 11 is 0. The number of benzene rings is 1. The van der Waals surface area contributed by atoms with Gasteiger partial charge in [-0.1, -0.05) is 13.0 Å². The average molecular weight is 287 g/mol. The molecule has 0 saturated heterocycles. The second-order valence-corrected chi connectivity index (χ2v) is 4.39. The van der Waals surface area contributed by atoms with Gasteiger partial charge in [0.05, 0.1) is 7.11 Å². The number of carbonyl (C=O) groups is 1. The molecule has 1 heterocycles. The largest absolute Gasteiger partial charge is 0.494 e. The predicted molar refractivity (Wildman–Crippen MR) is 78.4 cm³/mol. The first-order valence-corrected chi connectivity index (χ1v) is 6.55. The molecule has 21 heavy (non-hydrogen) atoms. The normalized spacial score (nSPS) is 11.3. The Hall–Kier alpha value is -2.70. The molecule has 0 fully saturated rings. The van der Waals surface area contributed by atoms with Gasteiger partial charge in [-0.3, -0.25) is 4.79 Å². The zero-order valence-corrected chi connectivity index (χ0v) is 12.2. The third-order valence-electron chi connectivity index (χ3n) is 2.90. The summed E-state index contributed by atoms with van der Waals surface area (Å²) in [6, 6.07) is 5.28. The first-order chi connectivity index (χ1) is 10.2. The van der Waals surface area contributed by atoms with Gasteiger partial charge >= 0.3 is 0 Å². The van der Waals surface area contributed by atoms with E-state index in [1.54, 1.807) is 32.2 Å². The molecule has 2 aromatic rings. The third-order valence-corrected chi connectivity index (χ3v) is 2.90. The molecule has 0 aliphatic carbocycles. The van der Waals surface area contributed by atoms with Gasteiger partial charge in [-0.05, 0) is 42.0 Å². The molecule has 7 heteroatoms. The minimum Gasteiger partial charge on any atom is -0.494 e. The van der Waals surface area contributed by atoms with Crippen molar-refractivity contribution in [2.45, 2.75) is 20.3 Å². The van der Waals surface area contributed by atoms with Crippen LogP contribution in [0.25, 0.3) is 5.69 Å². The van der Waals surface area contributed by atoms with Gasteiger partial charge in [0.2, 0.25) is 0 Å². The molecule has 0 aliphatic heterocycles. The average Bonchev–Trinajstić information content (AvgIpc) is 3.01. The van der Waals surface area contributed by atoms with Crippen LogP contribution in [0.5, 0.6) is 5.75 Å². The molecule has 1 N–H and O–H groups in total. The van der Waals surface area contributed by atoms with Crippen molar-refractivity contribution in [2.75, 3.05) is 12.4 Å². The molecule has 0 spiro atoms.